The van der Waals surface area contributed by atoms with Gasteiger partial charge >= 0.3 is 0 Å². The normalized spacial score (nSPS) is 16.9. The lowest BCUT2D eigenvalue weighted by Gasteiger charge is -2.31. The van der Waals surface area contributed by atoms with Crippen LogP contribution in [0.1, 0.15) is 53.8 Å². The Morgan fingerprint density at radius 2 is 1.68 bits per heavy atom. The van der Waals surface area contributed by atoms with E-state index in [2.05, 4.69) is 32.3 Å². The highest BCUT2D eigenvalue weighted by atomic mass is 16.2. The summed E-state index contributed by atoms with van der Waals surface area (Å²) < 4.78 is 1.99. The van der Waals surface area contributed by atoms with Crippen molar-refractivity contribution in [1.82, 2.24) is 29.8 Å². The minimum Gasteiger partial charge on any atom is -0.339 e. The number of aromatic nitrogens is 4. The molecule has 0 aliphatic carbocycles. The molecule has 2 fully saturated rings. The molecule has 0 radical (unpaired) electrons. The molecule has 2 aromatic carbocycles. The van der Waals surface area contributed by atoms with E-state index >= 15 is 0 Å². The monoisotopic (exact) mass is 536 g/mol. The predicted octanol–water partition coefficient (Wildman–Crippen LogP) is 4.68. The minimum absolute atomic E-state index is 0.0374. The summed E-state index contributed by atoms with van der Waals surface area (Å²) >= 11 is 0. The zero-order valence-electron chi connectivity index (χ0n) is 23.1. The van der Waals surface area contributed by atoms with Crippen LogP contribution in [-0.4, -0.2) is 67.6 Å². The molecule has 1 amide bonds. The van der Waals surface area contributed by atoms with Gasteiger partial charge in [-0.1, -0.05) is 30.7 Å². The Kier molecular flexibility index (Phi) is 7.68. The van der Waals surface area contributed by atoms with Gasteiger partial charge in [0.05, 0.1) is 29.5 Å². The molecule has 0 spiro atoms. The van der Waals surface area contributed by atoms with Gasteiger partial charge in [-0.05, 0) is 74.7 Å². The van der Waals surface area contributed by atoms with Crippen LogP contribution in [0.3, 0.4) is 0 Å². The van der Waals surface area contributed by atoms with Crippen molar-refractivity contribution in [2.24, 2.45) is 13.0 Å². The predicted molar refractivity (Wildman–Crippen MR) is 155 cm³/mol. The van der Waals surface area contributed by atoms with E-state index in [1.54, 1.807) is 0 Å². The van der Waals surface area contributed by atoms with Crippen LogP contribution in [-0.2, 0) is 24.8 Å². The molecule has 0 unspecified atom stereocenters. The lowest BCUT2D eigenvalue weighted by atomic mass is 9.90. The number of hydrogen-bond donors (Lipinski definition) is 0. The number of nitrogens with zero attached hydrogens (tertiary/aromatic N) is 6. The molecule has 6 rings (SSSR count). The van der Waals surface area contributed by atoms with Gasteiger partial charge in [-0.25, -0.2) is 0 Å². The maximum absolute atomic E-state index is 13.2. The van der Waals surface area contributed by atoms with Gasteiger partial charge in [0.2, 0.25) is 0 Å². The molecule has 40 heavy (non-hydrogen) atoms. The van der Waals surface area contributed by atoms with E-state index in [0.717, 1.165) is 41.7 Å². The zero-order chi connectivity index (χ0) is 27.5. The number of amides is 1. The van der Waals surface area contributed by atoms with Crippen molar-refractivity contribution in [2.45, 2.75) is 45.1 Å². The molecule has 0 bridgehead atoms. The second-order valence-electron chi connectivity index (χ2n) is 11.2. The van der Waals surface area contributed by atoms with Crippen LogP contribution in [0.15, 0.2) is 60.8 Å². The Morgan fingerprint density at radius 1 is 0.900 bits per heavy atom. The van der Waals surface area contributed by atoms with Gasteiger partial charge in [-0.3, -0.25) is 19.2 Å². The molecular formula is C32H36N6O2. The standard InChI is InChI=1S/C32H36N6O2/c1-36-30(22-37-14-6-3-7-15-37)28(21-33-36)25-10-11-29-26(18-25)19-27(34-35-29)20-31(39)23-12-16-38(17-13-23)32(40)24-8-4-2-5-9-24/h2,4-5,8-11,18-19,21,23H,3,6-7,12-17,20,22H2,1H3. The average molecular weight is 537 g/mol. The van der Waals surface area contributed by atoms with Gasteiger partial charge in [0.15, 0.2) is 0 Å². The van der Waals surface area contributed by atoms with E-state index in [1.165, 1.54) is 25.0 Å². The van der Waals surface area contributed by atoms with Crippen LogP contribution < -0.4 is 0 Å². The molecule has 2 saturated heterocycles. The van der Waals surface area contributed by atoms with Crippen LogP contribution in [0.2, 0.25) is 0 Å². The van der Waals surface area contributed by atoms with E-state index in [-0.39, 0.29) is 24.0 Å². The highest BCUT2D eigenvalue weighted by Crippen LogP contribution is 2.29. The topological polar surface area (TPSA) is 84.2 Å². The number of rotatable bonds is 7. The first kappa shape index (κ1) is 26.3. The second-order valence-corrected chi connectivity index (χ2v) is 11.2. The van der Waals surface area contributed by atoms with Crippen molar-refractivity contribution >= 4 is 22.6 Å². The lowest BCUT2D eigenvalue weighted by Crippen LogP contribution is -2.40. The van der Waals surface area contributed by atoms with Gasteiger partial charge in [0.1, 0.15) is 5.78 Å². The van der Waals surface area contributed by atoms with Crippen molar-refractivity contribution in [3.8, 4) is 11.1 Å². The van der Waals surface area contributed by atoms with Crippen LogP contribution in [0, 0.1) is 5.92 Å². The second kappa shape index (κ2) is 11.7. The fraction of sp³-hybridized carbons (Fsp3) is 0.406. The first-order chi connectivity index (χ1) is 19.5. The van der Waals surface area contributed by atoms with Crippen LogP contribution in [0.4, 0.5) is 0 Å². The highest BCUT2D eigenvalue weighted by molar-refractivity contribution is 5.94. The summed E-state index contributed by atoms with van der Waals surface area (Å²) in [5.41, 5.74) is 5.67. The number of piperidine rings is 2. The Bertz CT molecular complexity index is 1500. The quantitative estimate of drug-likeness (QED) is 0.341. The molecule has 8 nitrogen and oxygen atoms in total. The number of carbonyl (C=O) groups excluding carboxylic acids is 2. The van der Waals surface area contributed by atoms with Gasteiger partial charge < -0.3 is 4.90 Å². The third kappa shape index (κ3) is 5.68. The molecule has 4 heterocycles. The zero-order valence-corrected chi connectivity index (χ0v) is 23.1. The Balaban J connectivity index is 1.13. The van der Waals surface area contributed by atoms with Crippen molar-refractivity contribution in [2.75, 3.05) is 26.2 Å². The number of benzene rings is 2. The number of ketones is 1. The SMILES string of the molecule is Cn1ncc(-c2ccc3nnc(CC(=O)C4CCN(C(=O)c5ccccc5)CC4)cc3c2)c1CN1CCCCC1. The smallest absolute Gasteiger partial charge is 0.253 e. The maximum atomic E-state index is 13.2. The van der Waals surface area contributed by atoms with Crippen molar-refractivity contribution in [1.29, 1.82) is 0 Å². The molecule has 0 saturated carbocycles. The summed E-state index contributed by atoms with van der Waals surface area (Å²) in [7, 11) is 2.01. The largest absolute Gasteiger partial charge is 0.339 e. The summed E-state index contributed by atoms with van der Waals surface area (Å²) in [5.74, 6) is 0.152. The first-order valence-electron chi connectivity index (χ1n) is 14.4. The summed E-state index contributed by atoms with van der Waals surface area (Å²) in [5, 5.41) is 14.3. The number of carbonyl (C=O) groups is 2. The van der Waals surface area contributed by atoms with E-state index in [9.17, 15) is 9.59 Å². The Hall–Kier alpha value is -3.91. The molecule has 0 atom stereocenters. The molecule has 4 aromatic rings. The molecule has 0 N–H and O–H groups in total. The van der Waals surface area contributed by atoms with Gasteiger partial charge in [-0.15, -0.1) is 0 Å². The number of likely N-dealkylation sites (tertiary alicyclic amines) is 2. The fourth-order valence-corrected chi connectivity index (χ4v) is 6.05. The van der Waals surface area contributed by atoms with Gasteiger partial charge in [-0.2, -0.15) is 15.3 Å². The molecule has 2 aliphatic heterocycles. The maximum Gasteiger partial charge on any atom is 0.253 e. The van der Waals surface area contributed by atoms with Crippen LogP contribution >= 0.6 is 0 Å². The first-order valence-corrected chi connectivity index (χ1v) is 14.4. The molecule has 2 aliphatic rings. The van der Waals surface area contributed by atoms with E-state index in [1.807, 2.05) is 65.3 Å². The third-order valence-corrected chi connectivity index (χ3v) is 8.44. The molecule has 2 aromatic heterocycles. The lowest BCUT2D eigenvalue weighted by molar-refractivity contribution is -0.123. The molecule has 8 heteroatoms. The van der Waals surface area contributed by atoms with Crippen LogP contribution in [0.5, 0.6) is 0 Å². The van der Waals surface area contributed by atoms with Crippen LogP contribution in [0.25, 0.3) is 22.0 Å². The average Bonchev–Trinajstić information content (AvgIpc) is 3.37. The number of fused-ring (bicyclic) bond motifs is 1. The summed E-state index contributed by atoms with van der Waals surface area (Å²) in [6, 6.07) is 17.6. The van der Waals surface area contributed by atoms with E-state index < -0.39 is 0 Å². The summed E-state index contributed by atoms with van der Waals surface area (Å²) in [4.78, 5) is 30.3. The van der Waals surface area contributed by atoms with Crippen molar-refractivity contribution in [3.63, 3.8) is 0 Å². The minimum atomic E-state index is -0.0589. The summed E-state index contributed by atoms with van der Waals surface area (Å²) in [6.07, 6.45) is 7.42. The number of aryl methyl sites for hydroxylation is 1. The number of hydrogen-bond acceptors (Lipinski definition) is 6. The molecule has 206 valence electrons. The Labute approximate surface area is 235 Å². The molecular weight excluding hydrogens is 500 g/mol. The highest BCUT2D eigenvalue weighted by Gasteiger charge is 2.28. The Morgan fingerprint density at radius 3 is 2.45 bits per heavy atom. The van der Waals surface area contributed by atoms with E-state index in [4.69, 9.17) is 0 Å². The fourth-order valence-electron chi connectivity index (χ4n) is 6.05. The van der Waals surface area contributed by atoms with Gasteiger partial charge in [0.25, 0.3) is 5.91 Å². The van der Waals surface area contributed by atoms with E-state index in [0.29, 0.717) is 37.2 Å². The van der Waals surface area contributed by atoms with Crippen molar-refractivity contribution in [3.05, 3.63) is 77.7 Å². The third-order valence-electron chi connectivity index (χ3n) is 8.44. The summed E-state index contributed by atoms with van der Waals surface area (Å²) in [6.45, 7) is 4.37. The van der Waals surface area contributed by atoms with Gasteiger partial charge in [0, 0.05) is 49.1 Å². The number of Topliss-reactive ketones (excluding diaryl/α,β-unsaturated/α-hetero) is 1. The van der Waals surface area contributed by atoms with Crippen molar-refractivity contribution < 1.29 is 9.59 Å².